The molecule has 0 aliphatic heterocycles. The van der Waals surface area contributed by atoms with E-state index in [1.54, 1.807) is 0 Å². The molecule has 2 aromatic rings. The van der Waals surface area contributed by atoms with Gasteiger partial charge in [-0.15, -0.1) is 0 Å². The number of benzene rings is 1. The first-order valence-corrected chi connectivity index (χ1v) is 8.64. The number of fused-ring (bicyclic) bond motifs is 1. The van der Waals surface area contributed by atoms with Crippen LogP contribution in [0.4, 0.5) is 0 Å². The topological polar surface area (TPSA) is 46.9 Å². The van der Waals surface area contributed by atoms with Crippen molar-refractivity contribution < 1.29 is 4.79 Å². The first-order chi connectivity index (χ1) is 10.3. The van der Waals surface area contributed by atoms with Gasteiger partial charge in [0.2, 0.25) is 5.91 Å². The van der Waals surface area contributed by atoms with Crippen LogP contribution in [0.1, 0.15) is 32.6 Å². The fourth-order valence-corrected chi connectivity index (χ4v) is 3.83. The summed E-state index contributed by atoms with van der Waals surface area (Å²) in [5, 5.41) is 4.05. The molecule has 1 amide bonds. The summed E-state index contributed by atoms with van der Waals surface area (Å²) in [5.74, 6) is 0.571. The summed E-state index contributed by atoms with van der Waals surface area (Å²) >= 11 is 1.53. The predicted molar refractivity (Wildman–Crippen MR) is 86.5 cm³/mol. The van der Waals surface area contributed by atoms with Crippen LogP contribution in [0.5, 0.6) is 0 Å². The molecule has 21 heavy (non-hydrogen) atoms. The quantitative estimate of drug-likeness (QED) is 0.863. The second-order valence-corrected chi connectivity index (χ2v) is 6.41. The number of imidazole rings is 1. The van der Waals surface area contributed by atoms with Crippen LogP contribution in [0.3, 0.4) is 0 Å². The van der Waals surface area contributed by atoms with Gasteiger partial charge in [-0.2, -0.15) is 0 Å². The van der Waals surface area contributed by atoms with E-state index in [1.807, 2.05) is 18.2 Å². The molecule has 1 fully saturated rings. The summed E-state index contributed by atoms with van der Waals surface area (Å²) in [5.41, 5.74) is 2.14. The normalized spacial score (nSPS) is 15.7. The van der Waals surface area contributed by atoms with Crippen LogP contribution >= 0.6 is 11.8 Å². The van der Waals surface area contributed by atoms with Gasteiger partial charge in [0.05, 0.1) is 16.8 Å². The number of hydrogen-bond donors (Lipinski definition) is 1. The van der Waals surface area contributed by atoms with Crippen LogP contribution in [0.2, 0.25) is 0 Å². The zero-order chi connectivity index (χ0) is 14.7. The van der Waals surface area contributed by atoms with E-state index >= 15 is 0 Å². The molecule has 0 spiro atoms. The lowest BCUT2D eigenvalue weighted by atomic mass is 10.2. The van der Waals surface area contributed by atoms with Gasteiger partial charge in [-0.1, -0.05) is 36.7 Å². The van der Waals surface area contributed by atoms with E-state index in [9.17, 15) is 4.79 Å². The van der Waals surface area contributed by atoms with E-state index < -0.39 is 0 Å². The second kappa shape index (κ2) is 6.52. The van der Waals surface area contributed by atoms with Crippen LogP contribution < -0.4 is 5.32 Å². The maximum atomic E-state index is 12.0. The third-order valence-corrected chi connectivity index (χ3v) is 4.96. The van der Waals surface area contributed by atoms with E-state index in [0.29, 0.717) is 11.8 Å². The first-order valence-electron chi connectivity index (χ1n) is 7.65. The average Bonchev–Trinajstić information content (AvgIpc) is 3.11. The number of thioether (sulfide) groups is 1. The Kier molecular flexibility index (Phi) is 4.48. The standard InChI is InChI=1S/C16H21N3OS/c1-2-19-14-10-6-5-9-13(14)18-16(19)21-11-15(20)17-12-7-3-4-8-12/h5-6,9-10,12H,2-4,7-8,11H2,1H3,(H,17,20). The average molecular weight is 303 g/mol. The molecule has 0 bridgehead atoms. The highest BCUT2D eigenvalue weighted by Crippen LogP contribution is 2.24. The van der Waals surface area contributed by atoms with Crippen LogP contribution in [0, 0.1) is 0 Å². The maximum Gasteiger partial charge on any atom is 0.230 e. The minimum atomic E-state index is 0.126. The Morgan fingerprint density at radius 2 is 2.14 bits per heavy atom. The Morgan fingerprint density at radius 1 is 1.38 bits per heavy atom. The molecular weight excluding hydrogens is 282 g/mol. The number of aryl methyl sites for hydroxylation is 1. The molecule has 3 rings (SSSR count). The van der Waals surface area contributed by atoms with Crippen molar-refractivity contribution in [3.8, 4) is 0 Å². The number of amides is 1. The molecule has 0 saturated heterocycles. The molecule has 0 radical (unpaired) electrons. The lowest BCUT2D eigenvalue weighted by molar-refractivity contribution is -0.119. The van der Waals surface area contributed by atoms with Crippen molar-refractivity contribution in [2.24, 2.45) is 0 Å². The van der Waals surface area contributed by atoms with E-state index in [4.69, 9.17) is 0 Å². The number of aromatic nitrogens is 2. The van der Waals surface area contributed by atoms with Gasteiger partial charge in [0.15, 0.2) is 5.16 Å². The number of para-hydroxylation sites is 2. The Morgan fingerprint density at radius 3 is 2.90 bits per heavy atom. The molecule has 112 valence electrons. The van der Waals surface area contributed by atoms with E-state index in [2.05, 4.69) is 27.9 Å². The van der Waals surface area contributed by atoms with Crippen molar-refractivity contribution >= 4 is 28.7 Å². The number of nitrogens with zero attached hydrogens (tertiary/aromatic N) is 2. The lowest BCUT2D eigenvalue weighted by Crippen LogP contribution is -2.33. The van der Waals surface area contributed by atoms with Gasteiger partial charge >= 0.3 is 0 Å². The van der Waals surface area contributed by atoms with Gasteiger partial charge in [-0.05, 0) is 31.9 Å². The molecule has 1 aromatic carbocycles. The maximum absolute atomic E-state index is 12.0. The third kappa shape index (κ3) is 3.23. The van der Waals surface area contributed by atoms with Gasteiger partial charge in [-0.25, -0.2) is 4.98 Å². The summed E-state index contributed by atoms with van der Waals surface area (Å²) in [6.07, 6.45) is 4.74. The summed E-state index contributed by atoms with van der Waals surface area (Å²) in [6, 6.07) is 8.51. The zero-order valence-corrected chi connectivity index (χ0v) is 13.2. The van der Waals surface area contributed by atoms with Crippen molar-refractivity contribution in [3.05, 3.63) is 24.3 Å². The molecule has 0 atom stereocenters. The molecule has 1 aromatic heterocycles. The van der Waals surface area contributed by atoms with Gasteiger partial charge < -0.3 is 9.88 Å². The highest BCUT2D eigenvalue weighted by molar-refractivity contribution is 7.99. The summed E-state index contributed by atoms with van der Waals surface area (Å²) < 4.78 is 2.17. The van der Waals surface area contributed by atoms with Gasteiger partial charge in [0.25, 0.3) is 0 Å². The SMILES string of the molecule is CCn1c(SCC(=O)NC2CCCC2)nc2ccccc21. The van der Waals surface area contributed by atoms with Crippen molar-refractivity contribution in [1.82, 2.24) is 14.9 Å². The smallest absolute Gasteiger partial charge is 0.230 e. The molecule has 1 heterocycles. The second-order valence-electron chi connectivity index (χ2n) is 5.46. The minimum absolute atomic E-state index is 0.126. The molecule has 1 aliphatic carbocycles. The highest BCUT2D eigenvalue weighted by atomic mass is 32.2. The van der Waals surface area contributed by atoms with Crippen molar-refractivity contribution in [2.45, 2.75) is 50.4 Å². The zero-order valence-electron chi connectivity index (χ0n) is 12.3. The number of rotatable bonds is 5. The Bertz CT molecular complexity index is 631. The van der Waals surface area contributed by atoms with E-state index in [-0.39, 0.29) is 5.91 Å². The Balaban J connectivity index is 1.65. The van der Waals surface area contributed by atoms with Crippen LogP contribution in [-0.2, 0) is 11.3 Å². The Labute approximate surface area is 129 Å². The van der Waals surface area contributed by atoms with Gasteiger partial charge in [-0.3, -0.25) is 4.79 Å². The molecule has 1 aliphatic rings. The third-order valence-electron chi connectivity index (χ3n) is 3.99. The van der Waals surface area contributed by atoms with Gasteiger partial charge in [0.1, 0.15) is 0 Å². The monoisotopic (exact) mass is 303 g/mol. The molecule has 1 N–H and O–H groups in total. The lowest BCUT2D eigenvalue weighted by Gasteiger charge is -2.11. The summed E-state index contributed by atoms with van der Waals surface area (Å²) in [7, 11) is 0. The van der Waals surface area contributed by atoms with E-state index in [1.165, 1.54) is 24.6 Å². The molecule has 4 nitrogen and oxygen atoms in total. The van der Waals surface area contributed by atoms with Crippen LogP contribution in [-0.4, -0.2) is 27.3 Å². The van der Waals surface area contributed by atoms with Crippen LogP contribution in [0.15, 0.2) is 29.4 Å². The van der Waals surface area contributed by atoms with Crippen molar-refractivity contribution in [1.29, 1.82) is 0 Å². The molecule has 5 heteroatoms. The highest BCUT2D eigenvalue weighted by Gasteiger charge is 2.18. The predicted octanol–water partition coefficient (Wildman–Crippen LogP) is 3.21. The van der Waals surface area contributed by atoms with E-state index in [0.717, 1.165) is 35.6 Å². The molecule has 1 saturated carbocycles. The fourth-order valence-electron chi connectivity index (χ4n) is 2.94. The van der Waals surface area contributed by atoms with Crippen LogP contribution in [0.25, 0.3) is 11.0 Å². The molecule has 0 unspecified atom stereocenters. The summed E-state index contributed by atoms with van der Waals surface area (Å²) in [4.78, 5) is 16.7. The molecular formula is C16H21N3OS. The first kappa shape index (κ1) is 14.4. The van der Waals surface area contributed by atoms with Gasteiger partial charge in [0, 0.05) is 12.6 Å². The van der Waals surface area contributed by atoms with Crippen molar-refractivity contribution in [2.75, 3.05) is 5.75 Å². The number of nitrogens with one attached hydrogen (secondary N) is 1. The number of hydrogen-bond acceptors (Lipinski definition) is 3. The van der Waals surface area contributed by atoms with Crippen molar-refractivity contribution in [3.63, 3.8) is 0 Å². The number of carbonyl (C=O) groups excluding carboxylic acids is 1. The summed E-state index contributed by atoms with van der Waals surface area (Å²) in [6.45, 7) is 2.98. The fraction of sp³-hybridized carbons (Fsp3) is 0.500. The number of carbonyl (C=O) groups is 1. The minimum Gasteiger partial charge on any atom is -0.353 e. The largest absolute Gasteiger partial charge is 0.353 e. The Hall–Kier alpha value is -1.49.